The second kappa shape index (κ2) is 6.93. The zero-order valence-electron chi connectivity index (χ0n) is 15.0. The van der Waals surface area contributed by atoms with Crippen molar-refractivity contribution in [3.05, 3.63) is 28.8 Å². The summed E-state index contributed by atoms with van der Waals surface area (Å²) in [5.74, 6) is 6.85. The highest BCUT2D eigenvalue weighted by atomic mass is 32.1. The minimum absolute atomic E-state index is 0.0116. The third-order valence-electron chi connectivity index (χ3n) is 4.41. The standard InChI is InChI=1S/C18H23N5OS/c1-5-11(6-2)9-14-21-16-15-12(22(3)4)7-8-20-18(15)25-17(16)13(24)10-23(14)19/h5,7-8H,6,9-10,19H2,1-4H3/b11-5+. The van der Waals surface area contributed by atoms with E-state index in [4.69, 9.17) is 10.8 Å². The van der Waals surface area contributed by atoms with Crippen LogP contribution in [0.3, 0.4) is 0 Å². The molecule has 3 rings (SSSR count). The van der Waals surface area contributed by atoms with Crippen LogP contribution in [0.1, 0.15) is 36.4 Å². The molecule has 0 saturated carbocycles. The number of aliphatic imine (C=N–C) groups is 1. The summed E-state index contributed by atoms with van der Waals surface area (Å²) in [4.78, 5) is 25.5. The number of Topliss-reactive ketones (excluding diaryl/α,β-unsaturated/α-hetero) is 1. The average molecular weight is 357 g/mol. The van der Waals surface area contributed by atoms with Crippen molar-refractivity contribution in [1.82, 2.24) is 9.99 Å². The van der Waals surface area contributed by atoms with Gasteiger partial charge in [-0.05, 0) is 19.4 Å². The fourth-order valence-corrected chi connectivity index (χ4v) is 3.98. The molecule has 3 heterocycles. The molecule has 132 valence electrons. The van der Waals surface area contributed by atoms with Crippen LogP contribution in [-0.4, -0.2) is 42.3 Å². The number of nitrogens with zero attached hydrogens (tertiary/aromatic N) is 4. The fourth-order valence-electron chi connectivity index (χ4n) is 2.95. The summed E-state index contributed by atoms with van der Waals surface area (Å²) in [6.07, 6.45) is 5.43. The van der Waals surface area contributed by atoms with E-state index in [2.05, 4.69) is 18.0 Å². The third-order valence-corrected chi connectivity index (χ3v) is 5.54. The maximum Gasteiger partial charge on any atom is 0.195 e. The van der Waals surface area contributed by atoms with Crippen LogP contribution in [0.2, 0.25) is 0 Å². The number of aromatic nitrogens is 1. The molecule has 2 aromatic heterocycles. The lowest BCUT2D eigenvalue weighted by Gasteiger charge is -2.19. The first-order valence-electron chi connectivity index (χ1n) is 8.32. The predicted molar refractivity (Wildman–Crippen MR) is 105 cm³/mol. The smallest absolute Gasteiger partial charge is 0.195 e. The number of ketones is 1. The Morgan fingerprint density at radius 1 is 1.48 bits per heavy atom. The van der Waals surface area contributed by atoms with Gasteiger partial charge < -0.3 is 4.90 Å². The molecule has 0 amide bonds. The number of hydrogen-bond donors (Lipinski definition) is 1. The molecule has 6 nitrogen and oxygen atoms in total. The number of carbonyl (C=O) groups is 1. The molecular weight excluding hydrogens is 334 g/mol. The second-order valence-corrected chi connectivity index (χ2v) is 7.24. The molecule has 0 saturated heterocycles. The number of thiophene rings is 1. The van der Waals surface area contributed by atoms with Crippen molar-refractivity contribution in [1.29, 1.82) is 0 Å². The lowest BCUT2D eigenvalue weighted by Crippen LogP contribution is -2.40. The summed E-state index contributed by atoms with van der Waals surface area (Å²) in [6.45, 7) is 4.26. The van der Waals surface area contributed by atoms with Gasteiger partial charge in [-0.15, -0.1) is 11.3 Å². The van der Waals surface area contributed by atoms with Gasteiger partial charge in [-0.3, -0.25) is 9.80 Å². The number of pyridine rings is 1. The summed E-state index contributed by atoms with van der Waals surface area (Å²) in [6, 6.07) is 1.95. The summed E-state index contributed by atoms with van der Waals surface area (Å²) < 4.78 is 0. The number of amidine groups is 1. The van der Waals surface area contributed by atoms with Gasteiger partial charge in [0.2, 0.25) is 0 Å². The van der Waals surface area contributed by atoms with E-state index in [1.165, 1.54) is 21.9 Å². The number of anilines is 1. The quantitative estimate of drug-likeness (QED) is 0.669. The molecule has 1 aliphatic rings. The van der Waals surface area contributed by atoms with Crippen LogP contribution in [0, 0.1) is 0 Å². The van der Waals surface area contributed by atoms with Gasteiger partial charge >= 0.3 is 0 Å². The number of carbonyl (C=O) groups excluding carboxylic acids is 1. The van der Waals surface area contributed by atoms with Crippen LogP contribution in [0.15, 0.2) is 28.9 Å². The summed E-state index contributed by atoms with van der Waals surface area (Å²) >= 11 is 1.40. The topological polar surface area (TPSA) is 74.8 Å². The molecule has 7 heteroatoms. The molecule has 1 aliphatic heterocycles. The molecule has 0 atom stereocenters. The lowest BCUT2D eigenvalue weighted by atomic mass is 10.1. The molecule has 0 aliphatic carbocycles. The first-order valence-corrected chi connectivity index (χ1v) is 9.13. The van der Waals surface area contributed by atoms with Crippen LogP contribution < -0.4 is 10.7 Å². The average Bonchev–Trinajstić information content (AvgIpc) is 2.91. The molecule has 2 N–H and O–H groups in total. The van der Waals surface area contributed by atoms with Crippen molar-refractivity contribution < 1.29 is 4.79 Å². The van der Waals surface area contributed by atoms with Crippen molar-refractivity contribution in [3.8, 4) is 0 Å². The molecule has 0 fully saturated rings. The number of nitrogens with two attached hydrogens (primary N) is 1. The number of hydrogen-bond acceptors (Lipinski definition) is 7. The summed E-state index contributed by atoms with van der Waals surface area (Å²) in [5.41, 5.74) is 2.96. The van der Waals surface area contributed by atoms with Crippen molar-refractivity contribution in [3.63, 3.8) is 0 Å². The highest BCUT2D eigenvalue weighted by molar-refractivity contribution is 7.21. The molecule has 25 heavy (non-hydrogen) atoms. The first-order chi connectivity index (χ1) is 12.0. The SMILES string of the molecule is C/C=C(\CC)CC1=Nc2c(sc3nccc(N(C)C)c23)C(=O)CN1N. The van der Waals surface area contributed by atoms with Crippen molar-refractivity contribution in [2.24, 2.45) is 10.8 Å². The molecule has 0 radical (unpaired) electrons. The van der Waals surface area contributed by atoms with Gasteiger partial charge in [-0.1, -0.05) is 18.6 Å². The van der Waals surface area contributed by atoms with Crippen molar-refractivity contribution in [2.45, 2.75) is 26.7 Å². The Labute approximate surface area is 151 Å². The normalized spacial score (nSPS) is 15.2. The Kier molecular flexibility index (Phi) is 4.87. The molecule has 0 aromatic carbocycles. The van der Waals surface area contributed by atoms with E-state index in [0.717, 1.165) is 28.2 Å². The Morgan fingerprint density at radius 2 is 2.24 bits per heavy atom. The summed E-state index contributed by atoms with van der Waals surface area (Å²) in [7, 11) is 3.96. The number of allylic oxidation sites excluding steroid dienone is 1. The van der Waals surface area contributed by atoms with E-state index in [1.807, 2.05) is 32.0 Å². The third kappa shape index (κ3) is 3.17. The Balaban J connectivity index is 2.23. The summed E-state index contributed by atoms with van der Waals surface area (Å²) in [5, 5.41) is 2.40. The van der Waals surface area contributed by atoms with E-state index in [0.29, 0.717) is 17.0 Å². The van der Waals surface area contributed by atoms with Gasteiger partial charge in [0, 0.05) is 26.7 Å². The fraction of sp³-hybridized carbons (Fsp3) is 0.389. The number of rotatable bonds is 4. The van der Waals surface area contributed by atoms with E-state index in [9.17, 15) is 4.79 Å². The van der Waals surface area contributed by atoms with Gasteiger partial charge in [0.25, 0.3) is 0 Å². The van der Waals surface area contributed by atoms with E-state index in [-0.39, 0.29) is 12.3 Å². The molecule has 0 unspecified atom stereocenters. The van der Waals surface area contributed by atoms with Crippen LogP contribution in [0.4, 0.5) is 11.4 Å². The van der Waals surface area contributed by atoms with Gasteiger partial charge in [0.05, 0.1) is 23.3 Å². The van der Waals surface area contributed by atoms with Gasteiger partial charge in [0.15, 0.2) is 5.78 Å². The minimum Gasteiger partial charge on any atom is -0.377 e. The highest BCUT2D eigenvalue weighted by Gasteiger charge is 2.27. The van der Waals surface area contributed by atoms with Crippen molar-refractivity contribution in [2.75, 3.05) is 25.5 Å². The Hall–Kier alpha value is -2.25. The largest absolute Gasteiger partial charge is 0.377 e. The van der Waals surface area contributed by atoms with Crippen LogP contribution in [0.5, 0.6) is 0 Å². The molecule has 2 aromatic rings. The van der Waals surface area contributed by atoms with Gasteiger partial charge in [0.1, 0.15) is 15.5 Å². The maximum absolute atomic E-state index is 12.7. The second-order valence-electron chi connectivity index (χ2n) is 6.24. The van der Waals surface area contributed by atoms with Crippen LogP contribution in [-0.2, 0) is 0 Å². The highest BCUT2D eigenvalue weighted by Crippen LogP contribution is 2.43. The van der Waals surface area contributed by atoms with Crippen LogP contribution in [0.25, 0.3) is 10.2 Å². The number of hydrazine groups is 1. The van der Waals surface area contributed by atoms with Crippen LogP contribution >= 0.6 is 11.3 Å². The van der Waals surface area contributed by atoms with Crippen molar-refractivity contribution >= 4 is 44.5 Å². The maximum atomic E-state index is 12.7. The Morgan fingerprint density at radius 3 is 2.88 bits per heavy atom. The lowest BCUT2D eigenvalue weighted by molar-refractivity contribution is 0.0969. The molecular formula is C18H23N5OS. The number of fused-ring (bicyclic) bond motifs is 3. The van der Waals surface area contributed by atoms with Gasteiger partial charge in [-0.25, -0.2) is 15.8 Å². The van der Waals surface area contributed by atoms with Gasteiger partial charge in [-0.2, -0.15) is 0 Å². The zero-order chi connectivity index (χ0) is 18.1. The Bertz CT molecular complexity index is 881. The zero-order valence-corrected chi connectivity index (χ0v) is 15.9. The first kappa shape index (κ1) is 17.6. The van der Waals surface area contributed by atoms with E-state index >= 15 is 0 Å². The monoisotopic (exact) mass is 357 g/mol. The minimum atomic E-state index is -0.0116. The molecule has 0 spiro atoms. The molecule has 0 bridgehead atoms. The van der Waals surface area contributed by atoms with E-state index in [1.54, 1.807) is 6.20 Å². The van der Waals surface area contributed by atoms with E-state index < -0.39 is 0 Å². The predicted octanol–water partition coefficient (Wildman–Crippen LogP) is 3.51.